The molecule has 3 N–H and O–H groups in total. The van der Waals surface area contributed by atoms with E-state index in [0.717, 1.165) is 5.39 Å². The molecule has 0 aliphatic carbocycles. The fourth-order valence-electron chi connectivity index (χ4n) is 1.76. The van der Waals surface area contributed by atoms with E-state index in [0.29, 0.717) is 16.7 Å². The third-order valence-electron chi connectivity index (χ3n) is 2.48. The largest absolute Gasteiger partial charge is 0.508 e. The molecule has 0 saturated heterocycles. The van der Waals surface area contributed by atoms with E-state index in [9.17, 15) is 9.90 Å². The Morgan fingerprint density at radius 3 is 2.81 bits per heavy atom. The molecule has 0 spiro atoms. The predicted octanol–water partition coefficient (Wildman–Crippen LogP) is 2.32. The van der Waals surface area contributed by atoms with Crippen LogP contribution in [0.1, 0.15) is 10.5 Å². The van der Waals surface area contributed by atoms with Crippen molar-refractivity contribution in [3.05, 3.63) is 30.0 Å². The summed E-state index contributed by atoms with van der Waals surface area (Å²) in [6, 6.07) is 6.23. The SMILES string of the molecule is O=C(O)c1cc2c([nH]1)oc1cc(O)ccc12. The van der Waals surface area contributed by atoms with Crippen molar-refractivity contribution in [2.45, 2.75) is 0 Å². The second kappa shape index (κ2) is 2.79. The molecule has 0 bridgehead atoms. The van der Waals surface area contributed by atoms with Crippen molar-refractivity contribution in [2.24, 2.45) is 0 Å². The highest BCUT2D eigenvalue weighted by Crippen LogP contribution is 2.31. The zero-order valence-corrected chi connectivity index (χ0v) is 8.02. The lowest BCUT2D eigenvalue weighted by Crippen LogP contribution is -1.94. The van der Waals surface area contributed by atoms with E-state index >= 15 is 0 Å². The number of fused-ring (bicyclic) bond motifs is 3. The summed E-state index contributed by atoms with van der Waals surface area (Å²) in [7, 11) is 0. The van der Waals surface area contributed by atoms with Gasteiger partial charge in [-0.2, -0.15) is 0 Å². The number of H-pyrrole nitrogens is 1. The van der Waals surface area contributed by atoms with Gasteiger partial charge in [0, 0.05) is 16.8 Å². The van der Waals surface area contributed by atoms with Crippen LogP contribution in [-0.2, 0) is 0 Å². The summed E-state index contributed by atoms with van der Waals surface area (Å²) in [5, 5.41) is 19.6. The highest BCUT2D eigenvalue weighted by atomic mass is 16.4. The van der Waals surface area contributed by atoms with Crippen LogP contribution in [0, 0.1) is 0 Å². The summed E-state index contributed by atoms with van der Waals surface area (Å²) < 4.78 is 5.39. The summed E-state index contributed by atoms with van der Waals surface area (Å²) >= 11 is 0. The van der Waals surface area contributed by atoms with E-state index in [1.54, 1.807) is 6.07 Å². The number of benzene rings is 1. The van der Waals surface area contributed by atoms with Crippen molar-refractivity contribution < 1.29 is 19.4 Å². The zero-order valence-electron chi connectivity index (χ0n) is 8.02. The Bertz CT molecular complexity index is 707. The predicted molar refractivity (Wildman–Crippen MR) is 56.7 cm³/mol. The van der Waals surface area contributed by atoms with E-state index in [1.807, 2.05) is 0 Å². The number of carbonyl (C=O) groups is 1. The van der Waals surface area contributed by atoms with Gasteiger partial charge in [-0.1, -0.05) is 0 Å². The molecule has 0 radical (unpaired) electrons. The van der Waals surface area contributed by atoms with Crippen molar-refractivity contribution in [3.8, 4) is 5.75 Å². The van der Waals surface area contributed by atoms with E-state index in [4.69, 9.17) is 9.52 Å². The Morgan fingerprint density at radius 2 is 2.06 bits per heavy atom. The molecule has 0 aliphatic rings. The van der Waals surface area contributed by atoms with Crippen LogP contribution in [-0.4, -0.2) is 21.2 Å². The minimum absolute atomic E-state index is 0.0868. The van der Waals surface area contributed by atoms with Gasteiger partial charge in [0.25, 0.3) is 0 Å². The summed E-state index contributed by atoms with van der Waals surface area (Å²) in [5.74, 6) is -0.916. The maximum Gasteiger partial charge on any atom is 0.352 e. The fraction of sp³-hybridized carbons (Fsp3) is 0. The maximum absolute atomic E-state index is 10.7. The normalized spacial score (nSPS) is 11.2. The highest BCUT2D eigenvalue weighted by molar-refractivity contribution is 6.07. The quantitative estimate of drug-likeness (QED) is 0.583. The monoisotopic (exact) mass is 217 g/mol. The molecule has 3 aromatic rings. The van der Waals surface area contributed by atoms with Gasteiger partial charge in [-0.15, -0.1) is 0 Å². The number of aromatic carboxylic acids is 1. The average Bonchev–Trinajstić information content (AvgIpc) is 2.73. The standard InChI is InChI=1S/C11H7NO4/c13-5-1-2-6-7-4-8(11(14)15)12-10(7)16-9(6)3-5/h1-4,12-13H,(H,14,15). The highest BCUT2D eigenvalue weighted by Gasteiger charge is 2.13. The van der Waals surface area contributed by atoms with Crippen LogP contribution < -0.4 is 0 Å². The van der Waals surface area contributed by atoms with E-state index in [2.05, 4.69) is 4.98 Å². The molecule has 80 valence electrons. The Balaban J connectivity index is 2.38. The minimum atomic E-state index is -1.03. The number of aromatic nitrogens is 1. The van der Waals surface area contributed by atoms with Gasteiger partial charge in [-0.05, 0) is 18.2 Å². The number of hydrogen-bond acceptors (Lipinski definition) is 3. The van der Waals surface area contributed by atoms with Gasteiger partial charge in [-0.3, -0.25) is 0 Å². The number of nitrogens with one attached hydrogen (secondary N) is 1. The first kappa shape index (κ1) is 8.84. The first-order valence-corrected chi connectivity index (χ1v) is 4.62. The van der Waals surface area contributed by atoms with Gasteiger partial charge in [0.1, 0.15) is 17.0 Å². The molecular weight excluding hydrogens is 210 g/mol. The van der Waals surface area contributed by atoms with Crippen LogP contribution in [0.25, 0.3) is 22.1 Å². The number of hydrogen-bond donors (Lipinski definition) is 3. The second-order valence-corrected chi connectivity index (χ2v) is 3.51. The van der Waals surface area contributed by atoms with E-state index < -0.39 is 5.97 Å². The number of furan rings is 1. The van der Waals surface area contributed by atoms with Gasteiger partial charge in [0.05, 0.1) is 0 Å². The van der Waals surface area contributed by atoms with E-state index in [-0.39, 0.29) is 11.4 Å². The molecule has 0 atom stereocenters. The lowest BCUT2D eigenvalue weighted by molar-refractivity contribution is 0.0691. The number of rotatable bonds is 1. The third kappa shape index (κ3) is 1.08. The molecule has 16 heavy (non-hydrogen) atoms. The summed E-state index contributed by atoms with van der Waals surface area (Å²) in [5.41, 5.74) is 1.01. The van der Waals surface area contributed by atoms with Crippen LogP contribution in [0.2, 0.25) is 0 Å². The van der Waals surface area contributed by atoms with Crippen molar-refractivity contribution in [2.75, 3.05) is 0 Å². The van der Waals surface area contributed by atoms with Crippen molar-refractivity contribution in [3.63, 3.8) is 0 Å². The Morgan fingerprint density at radius 1 is 1.25 bits per heavy atom. The van der Waals surface area contributed by atoms with Crippen LogP contribution in [0.5, 0.6) is 5.75 Å². The maximum atomic E-state index is 10.7. The lowest BCUT2D eigenvalue weighted by atomic mass is 10.2. The molecule has 2 heterocycles. The van der Waals surface area contributed by atoms with Gasteiger partial charge >= 0.3 is 5.97 Å². The fourth-order valence-corrected chi connectivity index (χ4v) is 1.76. The summed E-state index contributed by atoms with van der Waals surface area (Å²) in [6.45, 7) is 0. The first-order valence-electron chi connectivity index (χ1n) is 4.62. The second-order valence-electron chi connectivity index (χ2n) is 3.51. The number of phenols is 1. The Hall–Kier alpha value is -2.43. The van der Waals surface area contributed by atoms with Crippen molar-refractivity contribution in [1.82, 2.24) is 4.98 Å². The molecule has 5 heteroatoms. The van der Waals surface area contributed by atoms with Crippen LogP contribution in [0.15, 0.2) is 28.7 Å². The zero-order chi connectivity index (χ0) is 11.3. The first-order chi connectivity index (χ1) is 7.65. The Kier molecular flexibility index (Phi) is 1.54. The summed E-state index contributed by atoms with van der Waals surface area (Å²) in [4.78, 5) is 13.4. The van der Waals surface area contributed by atoms with Crippen LogP contribution in [0.3, 0.4) is 0 Å². The summed E-state index contributed by atoms with van der Waals surface area (Å²) in [6.07, 6.45) is 0. The van der Waals surface area contributed by atoms with Gasteiger partial charge in [-0.25, -0.2) is 4.79 Å². The number of aromatic hydroxyl groups is 1. The van der Waals surface area contributed by atoms with E-state index in [1.165, 1.54) is 18.2 Å². The number of aromatic amines is 1. The molecule has 3 rings (SSSR count). The third-order valence-corrected chi connectivity index (χ3v) is 2.48. The Labute approximate surface area is 88.9 Å². The van der Waals surface area contributed by atoms with Gasteiger partial charge in [0.2, 0.25) is 5.71 Å². The van der Waals surface area contributed by atoms with Crippen molar-refractivity contribution in [1.29, 1.82) is 0 Å². The van der Waals surface area contributed by atoms with Gasteiger partial charge < -0.3 is 19.6 Å². The topological polar surface area (TPSA) is 86.5 Å². The van der Waals surface area contributed by atoms with Crippen molar-refractivity contribution >= 4 is 28.0 Å². The number of phenolic OH excluding ortho intramolecular Hbond substituents is 1. The van der Waals surface area contributed by atoms with Crippen LogP contribution >= 0.6 is 0 Å². The molecule has 0 aliphatic heterocycles. The molecule has 5 nitrogen and oxygen atoms in total. The number of carboxylic acids is 1. The molecule has 0 amide bonds. The van der Waals surface area contributed by atoms with Crippen LogP contribution in [0.4, 0.5) is 0 Å². The smallest absolute Gasteiger partial charge is 0.352 e. The molecular formula is C11H7NO4. The van der Waals surface area contributed by atoms with Gasteiger partial charge in [0.15, 0.2) is 0 Å². The molecule has 0 unspecified atom stereocenters. The molecule has 0 fully saturated rings. The minimum Gasteiger partial charge on any atom is -0.508 e. The average molecular weight is 217 g/mol. The molecule has 0 saturated carbocycles. The molecule has 1 aromatic carbocycles. The number of carboxylic acid groups (broad SMARTS) is 1. The molecule has 2 aromatic heterocycles. The lowest BCUT2D eigenvalue weighted by Gasteiger charge is -1.90.